The average molecular weight is 359 g/mol. The number of hydrogen-bond donors (Lipinski definition) is 2. The zero-order valence-electron chi connectivity index (χ0n) is 14.1. The number of aryl methyl sites for hydroxylation is 1. The Bertz CT molecular complexity index is 645. The van der Waals surface area contributed by atoms with Gasteiger partial charge in [-0.3, -0.25) is 5.32 Å². The molecule has 2 amide bonds. The lowest BCUT2D eigenvalue weighted by Crippen LogP contribution is -2.49. The lowest BCUT2D eigenvalue weighted by Gasteiger charge is -2.31. The Kier molecular flexibility index (Phi) is 6.58. The number of nitrogens with one attached hydrogen (secondary N) is 2. The highest BCUT2D eigenvalue weighted by Crippen LogP contribution is 2.09. The van der Waals surface area contributed by atoms with Gasteiger partial charge >= 0.3 is 6.03 Å². The summed E-state index contributed by atoms with van der Waals surface area (Å²) in [6, 6.07) is 1.37. The van der Waals surface area contributed by atoms with Gasteiger partial charge < -0.3 is 10.1 Å². The van der Waals surface area contributed by atoms with Crippen LogP contribution in [0.2, 0.25) is 0 Å². The van der Waals surface area contributed by atoms with E-state index in [9.17, 15) is 13.2 Å². The van der Waals surface area contributed by atoms with E-state index in [4.69, 9.17) is 4.74 Å². The molecule has 2 rings (SSSR count). The van der Waals surface area contributed by atoms with Crippen molar-refractivity contribution in [3.05, 3.63) is 12.3 Å². The molecule has 0 aromatic carbocycles. The number of hydrogen-bond acceptors (Lipinski definition) is 5. The van der Waals surface area contributed by atoms with Crippen LogP contribution in [-0.4, -0.2) is 67.1 Å². The van der Waals surface area contributed by atoms with Crippen LogP contribution in [0.25, 0.3) is 0 Å². The van der Waals surface area contributed by atoms with Crippen molar-refractivity contribution in [2.24, 2.45) is 0 Å². The van der Waals surface area contributed by atoms with Gasteiger partial charge in [-0.2, -0.15) is 9.40 Å². The molecule has 24 heavy (non-hydrogen) atoms. The largest absolute Gasteiger partial charge is 0.374 e. The predicted octanol–water partition coefficient (Wildman–Crippen LogP) is 0.465. The molecule has 0 aliphatic carbocycles. The summed E-state index contributed by atoms with van der Waals surface area (Å²) in [4.78, 5) is 12.0. The molecule has 1 fully saturated rings. The summed E-state index contributed by atoms with van der Waals surface area (Å²) in [6.07, 6.45) is 4.48. The molecule has 0 saturated carbocycles. The van der Waals surface area contributed by atoms with Gasteiger partial charge in [-0.1, -0.05) is 13.3 Å². The summed E-state index contributed by atoms with van der Waals surface area (Å²) >= 11 is 0. The number of amides is 2. The van der Waals surface area contributed by atoms with E-state index < -0.39 is 10.0 Å². The van der Waals surface area contributed by atoms with Gasteiger partial charge in [0.1, 0.15) is 5.82 Å². The molecule has 1 atom stereocenters. The van der Waals surface area contributed by atoms with E-state index in [2.05, 4.69) is 22.7 Å². The van der Waals surface area contributed by atoms with Crippen molar-refractivity contribution >= 4 is 21.9 Å². The van der Waals surface area contributed by atoms with Crippen LogP contribution < -0.4 is 10.6 Å². The van der Waals surface area contributed by atoms with Crippen molar-refractivity contribution in [1.29, 1.82) is 0 Å². The third-order valence-corrected chi connectivity index (χ3v) is 5.01. The molecular formula is C14H25N5O4S. The summed E-state index contributed by atoms with van der Waals surface area (Å²) in [5.74, 6) is 0.628. The Hall–Kier alpha value is -1.65. The lowest BCUT2D eigenvalue weighted by molar-refractivity contribution is 0.00167. The van der Waals surface area contributed by atoms with Crippen molar-refractivity contribution in [3.63, 3.8) is 0 Å². The number of unbranched alkanes of at least 4 members (excludes halogenated alkanes) is 1. The number of anilines is 1. The molecule has 9 nitrogen and oxygen atoms in total. The van der Waals surface area contributed by atoms with Crippen molar-refractivity contribution < 1.29 is 17.9 Å². The highest BCUT2D eigenvalue weighted by Gasteiger charge is 2.26. The Labute approximate surface area is 142 Å². The maximum atomic E-state index is 12.0. The highest BCUT2D eigenvalue weighted by molar-refractivity contribution is 7.88. The minimum atomic E-state index is -3.24. The summed E-state index contributed by atoms with van der Waals surface area (Å²) in [5.41, 5.74) is 0. The van der Waals surface area contributed by atoms with Crippen LogP contribution in [-0.2, 0) is 21.3 Å². The van der Waals surface area contributed by atoms with Crippen molar-refractivity contribution in [2.75, 3.05) is 37.8 Å². The minimum absolute atomic E-state index is 0.237. The van der Waals surface area contributed by atoms with Crippen LogP contribution in [0.3, 0.4) is 0 Å². The van der Waals surface area contributed by atoms with Crippen LogP contribution in [0.5, 0.6) is 0 Å². The van der Waals surface area contributed by atoms with E-state index in [0.717, 1.165) is 19.4 Å². The SMILES string of the molecule is CCCCn1nccc1NC(=O)NC[C@H]1CN(S(C)(=O)=O)CCO1. The van der Waals surface area contributed by atoms with Gasteiger partial charge in [-0.05, 0) is 6.42 Å². The van der Waals surface area contributed by atoms with Gasteiger partial charge in [0.2, 0.25) is 10.0 Å². The molecule has 10 heteroatoms. The van der Waals surface area contributed by atoms with E-state index in [0.29, 0.717) is 19.0 Å². The number of morpholine rings is 1. The van der Waals surface area contributed by atoms with Crippen molar-refractivity contribution in [2.45, 2.75) is 32.4 Å². The molecule has 0 unspecified atom stereocenters. The number of sulfonamides is 1. The number of aromatic nitrogens is 2. The molecular weight excluding hydrogens is 334 g/mol. The second-order valence-electron chi connectivity index (χ2n) is 5.74. The summed E-state index contributed by atoms with van der Waals surface area (Å²) < 4.78 is 31.7. The fourth-order valence-corrected chi connectivity index (χ4v) is 3.25. The second-order valence-corrected chi connectivity index (χ2v) is 7.72. The van der Waals surface area contributed by atoms with Crippen molar-refractivity contribution in [1.82, 2.24) is 19.4 Å². The summed E-state index contributed by atoms with van der Waals surface area (Å²) in [5, 5.41) is 9.62. The maximum Gasteiger partial charge on any atom is 0.320 e. The molecule has 136 valence electrons. The highest BCUT2D eigenvalue weighted by atomic mass is 32.2. The zero-order chi connectivity index (χ0) is 17.6. The van der Waals surface area contributed by atoms with Crippen LogP contribution >= 0.6 is 0 Å². The Morgan fingerprint density at radius 3 is 3.00 bits per heavy atom. The van der Waals surface area contributed by atoms with Gasteiger partial charge in [0.25, 0.3) is 0 Å². The van der Waals surface area contributed by atoms with Gasteiger partial charge in [-0.15, -0.1) is 0 Å². The molecule has 1 saturated heterocycles. The third-order valence-electron chi connectivity index (χ3n) is 3.74. The predicted molar refractivity (Wildman–Crippen MR) is 90.3 cm³/mol. The van der Waals surface area contributed by atoms with Crippen molar-refractivity contribution in [3.8, 4) is 0 Å². The molecule has 1 aromatic heterocycles. The summed E-state index contributed by atoms with van der Waals surface area (Å²) in [7, 11) is -3.24. The van der Waals surface area contributed by atoms with E-state index in [1.807, 2.05) is 0 Å². The van der Waals surface area contributed by atoms with Gasteiger partial charge in [0.05, 0.1) is 25.2 Å². The van der Waals surface area contributed by atoms with Gasteiger partial charge in [0.15, 0.2) is 0 Å². The third kappa shape index (κ3) is 5.46. The average Bonchev–Trinajstić information content (AvgIpc) is 2.97. The van der Waals surface area contributed by atoms with E-state index in [1.165, 1.54) is 10.6 Å². The molecule has 2 heterocycles. The van der Waals surface area contributed by atoms with E-state index >= 15 is 0 Å². The van der Waals surface area contributed by atoms with Gasteiger partial charge in [-0.25, -0.2) is 17.9 Å². The number of urea groups is 1. The molecule has 1 aliphatic rings. The Balaban J connectivity index is 1.80. The topological polar surface area (TPSA) is 106 Å². The maximum absolute atomic E-state index is 12.0. The summed E-state index contributed by atoms with van der Waals surface area (Å²) in [6.45, 7) is 3.99. The Morgan fingerprint density at radius 2 is 2.29 bits per heavy atom. The number of nitrogens with zero attached hydrogens (tertiary/aromatic N) is 3. The molecule has 2 N–H and O–H groups in total. The zero-order valence-corrected chi connectivity index (χ0v) is 14.9. The normalized spacial score (nSPS) is 19.2. The molecule has 0 spiro atoms. The first-order valence-electron chi connectivity index (χ1n) is 8.03. The molecule has 0 radical (unpaired) electrons. The second kappa shape index (κ2) is 8.45. The monoisotopic (exact) mass is 359 g/mol. The number of carbonyl (C=O) groups excluding carboxylic acids is 1. The first-order valence-corrected chi connectivity index (χ1v) is 9.88. The number of rotatable bonds is 7. The standard InChI is InChI=1S/C14H25N5O4S/c1-3-4-7-19-13(5-6-16-19)17-14(20)15-10-12-11-18(8-9-23-12)24(2,21)22/h5-6,12H,3-4,7-11H2,1-2H3,(H2,15,17,20)/t12-/m0/s1. The van der Waals surface area contributed by atoms with E-state index in [-0.39, 0.29) is 25.2 Å². The van der Waals surface area contributed by atoms with Crippen LogP contribution in [0.4, 0.5) is 10.6 Å². The molecule has 1 aromatic rings. The van der Waals surface area contributed by atoms with Gasteiger partial charge in [0, 0.05) is 32.2 Å². The van der Waals surface area contributed by atoms with Crippen LogP contribution in [0.15, 0.2) is 12.3 Å². The minimum Gasteiger partial charge on any atom is -0.374 e. The first-order chi connectivity index (χ1) is 11.4. The number of carbonyl (C=O) groups is 1. The van der Waals surface area contributed by atoms with Crippen LogP contribution in [0, 0.1) is 0 Å². The fraction of sp³-hybridized carbons (Fsp3) is 0.714. The first kappa shape index (κ1) is 18.7. The van der Waals surface area contributed by atoms with E-state index in [1.54, 1.807) is 16.9 Å². The smallest absolute Gasteiger partial charge is 0.320 e. The number of ether oxygens (including phenoxy) is 1. The molecule has 1 aliphatic heterocycles. The fourth-order valence-electron chi connectivity index (χ4n) is 2.41. The quantitative estimate of drug-likeness (QED) is 0.736. The lowest BCUT2D eigenvalue weighted by atomic mass is 10.3. The van der Waals surface area contributed by atoms with Crippen LogP contribution in [0.1, 0.15) is 19.8 Å². The molecule has 0 bridgehead atoms. The Morgan fingerprint density at radius 1 is 1.50 bits per heavy atom.